The van der Waals surface area contributed by atoms with E-state index in [0.717, 1.165) is 17.3 Å². The lowest BCUT2D eigenvalue weighted by molar-refractivity contribution is -0.129. The average Bonchev–Trinajstić information content (AvgIpc) is 3.32. The van der Waals surface area contributed by atoms with Crippen LogP contribution in [0.3, 0.4) is 0 Å². The Bertz CT molecular complexity index is 891. The molecule has 0 saturated heterocycles. The number of carbonyl (C=O) groups is 1. The Labute approximate surface area is 169 Å². The molecule has 1 unspecified atom stereocenters. The second kappa shape index (κ2) is 9.10. The van der Waals surface area contributed by atoms with Gasteiger partial charge in [-0.2, -0.15) is 0 Å². The predicted octanol–water partition coefficient (Wildman–Crippen LogP) is 4.33. The second-order valence-corrected chi connectivity index (χ2v) is 8.54. The predicted molar refractivity (Wildman–Crippen MR) is 111 cm³/mol. The van der Waals surface area contributed by atoms with E-state index in [-0.39, 0.29) is 11.2 Å². The van der Waals surface area contributed by atoms with E-state index in [4.69, 9.17) is 4.42 Å². The number of nitrogens with zero attached hydrogens (tertiary/aromatic N) is 4. The Morgan fingerprint density at radius 3 is 2.54 bits per heavy atom. The highest BCUT2D eigenvalue weighted by Crippen LogP contribution is 2.28. The molecular formula is C21H26N4O2S. The van der Waals surface area contributed by atoms with Crippen molar-refractivity contribution in [3.63, 3.8) is 0 Å². The molecule has 28 heavy (non-hydrogen) atoms. The number of hydrogen-bond acceptors (Lipinski definition) is 5. The number of aromatic nitrogens is 3. The molecular weight excluding hydrogens is 372 g/mol. The van der Waals surface area contributed by atoms with Gasteiger partial charge in [-0.3, -0.25) is 9.36 Å². The number of benzene rings is 1. The zero-order valence-electron chi connectivity index (χ0n) is 16.7. The first-order valence-corrected chi connectivity index (χ1v) is 10.3. The molecule has 0 spiro atoms. The summed E-state index contributed by atoms with van der Waals surface area (Å²) >= 11 is 1.43. The highest BCUT2D eigenvalue weighted by atomic mass is 32.2. The molecule has 6 nitrogen and oxygen atoms in total. The number of hydrogen-bond donors (Lipinski definition) is 0. The van der Waals surface area contributed by atoms with E-state index >= 15 is 0 Å². The van der Waals surface area contributed by atoms with Crippen molar-refractivity contribution in [2.75, 3.05) is 7.05 Å². The molecule has 0 aliphatic rings. The van der Waals surface area contributed by atoms with Crippen LogP contribution in [0, 0.1) is 5.92 Å². The molecule has 2 heterocycles. The molecule has 3 aromatic rings. The quantitative estimate of drug-likeness (QED) is 0.528. The van der Waals surface area contributed by atoms with Gasteiger partial charge in [0.15, 0.2) is 16.7 Å². The fourth-order valence-corrected chi connectivity index (χ4v) is 3.92. The molecule has 7 heteroatoms. The fraction of sp³-hybridized carbons (Fsp3) is 0.381. The van der Waals surface area contributed by atoms with Gasteiger partial charge in [-0.25, -0.2) is 0 Å². The summed E-state index contributed by atoms with van der Waals surface area (Å²) in [7, 11) is 1.83. The molecule has 1 aromatic carbocycles. The van der Waals surface area contributed by atoms with Crippen molar-refractivity contribution in [2.24, 2.45) is 5.92 Å². The molecule has 0 N–H and O–H groups in total. The normalized spacial score (nSPS) is 12.3. The van der Waals surface area contributed by atoms with Crippen LogP contribution in [-0.4, -0.2) is 37.9 Å². The van der Waals surface area contributed by atoms with Crippen LogP contribution in [0.2, 0.25) is 0 Å². The van der Waals surface area contributed by atoms with E-state index in [2.05, 4.69) is 24.0 Å². The number of rotatable bonds is 8. The Hall–Kier alpha value is -2.54. The van der Waals surface area contributed by atoms with Gasteiger partial charge in [0.1, 0.15) is 0 Å². The van der Waals surface area contributed by atoms with E-state index in [0.29, 0.717) is 24.0 Å². The highest BCUT2D eigenvalue weighted by Gasteiger charge is 2.24. The summed E-state index contributed by atoms with van der Waals surface area (Å²) in [5.74, 6) is 1.85. The largest absolute Gasteiger partial charge is 0.461 e. The van der Waals surface area contributed by atoms with Gasteiger partial charge in [0, 0.05) is 20.1 Å². The third-order valence-corrected chi connectivity index (χ3v) is 5.34. The summed E-state index contributed by atoms with van der Waals surface area (Å²) < 4.78 is 7.54. The van der Waals surface area contributed by atoms with Gasteiger partial charge >= 0.3 is 0 Å². The van der Waals surface area contributed by atoms with Crippen molar-refractivity contribution in [1.82, 2.24) is 19.7 Å². The number of furan rings is 1. The average molecular weight is 399 g/mol. The lowest BCUT2D eigenvalue weighted by Gasteiger charge is -2.21. The monoisotopic (exact) mass is 398 g/mol. The first kappa shape index (κ1) is 20.2. The SMILES string of the molecule is CC(C)Cn1c(SC(C)C(=O)N(C)Cc2ccccc2)nnc1-c1ccco1. The summed E-state index contributed by atoms with van der Waals surface area (Å²) in [5, 5.41) is 9.11. The van der Waals surface area contributed by atoms with Gasteiger partial charge in [-0.15, -0.1) is 10.2 Å². The molecule has 0 aliphatic carbocycles. The van der Waals surface area contributed by atoms with Gasteiger partial charge in [-0.1, -0.05) is 55.9 Å². The van der Waals surface area contributed by atoms with E-state index in [1.54, 1.807) is 11.2 Å². The van der Waals surface area contributed by atoms with E-state index < -0.39 is 0 Å². The Morgan fingerprint density at radius 2 is 1.89 bits per heavy atom. The Balaban J connectivity index is 1.74. The molecule has 2 aromatic heterocycles. The van der Waals surface area contributed by atoms with Crippen molar-refractivity contribution in [3.05, 3.63) is 54.3 Å². The van der Waals surface area contributed by atoms with Gasteiger partial charge in [0.25, 0.3) is 0 Å². The maximum atomic E-state index is 12.8. The molecule has 3 rings (SSSR count). The molecule has 1 atom stereocenters. The van der Waals surface area contributed by atoms with E-state index in [1.165, 1.54) is 11.8 Å². The van der Waals surface area contributed by atoms with Gasteiger partial charge in [0.05, 0.1) is 11.5 Å². The second-order valence-electron chi connectivity index (χ2n) is 7.23. The van der Waals surface area contributed by atoms with Crippen molar-refractivity contribution in [1.29, 1.82) is 0 Å². The minimum atomic E-state index is -0.270. The molecule has 0 saturated carbocycles. The lowest BCUT2D eigenvalue weighted by atomic mass is 10.2. The van der Waals surface area contributed by atoms with Crippen LogP contribution in [-0.2, 0) is 17.9 Å². The third kappa shape index (κ3) is 4.84. The van der Waals surface area contributed by atoms with Crippen molar-refractivity contribution in [3.8, 4) is 11.6 Å². The van der Waals surface area contributed by atoms with Gasteiger partial charge < -0.3 is 9.32 Å². The molecule has 0 fully saturated rings. The van der Waals surface area contributed by atoms with E-state index in [9.17, 15) is 4.79 Å². The summed E-state index contributed by atoms with van der Waals surface area (Å²) in [6.45, 7) is 7.54. The number of amides is 1. The Morgan fingerprint density at radius 1 is 1.14 bits per heavy atom. The molecule has 0 bridgehead atoms. The molecule has 0 aliphatic heterocycles. The van der Waals surface area contributed by atoms with Gasteiger partial charge in [0.2, 0.25) is 5.91 Å². The van der Waals surface area contributed by atoms with Crippen LogP contribution >= 0.6 is 11.8 Å². The Kier molecular flexibility index (Phi) is 6.57. The zero-order chi connectivity index (χ0) is 20.1. The van der Waals surface area contributed by atoms with Crippen LogP contribution in [0.1, 0.15) is 26.3 Å². The van der Waals surface area contributed by atoms with Crippen molar-refractivity contribution >= 4 is 17.7 Å². The molecule has 1 amide bonds. The maximum Gasteiger partial charge on any atom is 0.235 e. The van der Waals surface area contributed by atoms with Crippen molar-refractivity contribution in [2.45, 2.75) is 44.3 Å². The maximum absolute atomic E-state index is 12.8. The smallest absolute Gasteiger partial charge is 0.235 e. The first-order valence-electron chi connectivity index (χ1n) is 9.38. The van der Waals surface area contributed by atoms with Crippen LogP contribution < -0.4 is 0 Å². The summed E-state index contributed by atoms with van der Waals surface area (Å²) in [6.07, 6.45) is 1.63. The van der Waals surface area contributed by atoms with Crippen LogP contribution in [0.25, 0.3) is 11.6 Å². The summed E-state index contributed by atoms with van der Waals surface area (Å²) in [6, 6.07) is 13.7. The van der Waals surface area contributed by atoms with Crippen LogP contribution in [0.5, 0.6) is 0 Å². The van der Waals surface area contributed by atoms with E-state index in [1.807, 2.05) is 61.0 Å². The zero-order valence-corrected chi connectivity index (χ0v) is 17.5. The third-order valence-electron chi connectivity index (χ3n) is 4.27. The lowest BCUT2D eigenvalue weighted by Crippen LogP contribution is -2.33. The van der Waals surface area contributed by atoms with Crippen LogP contribution in [0.4, 0.5) is 0 Å². The molecule has 0 radical (unpaired) electrons. The minimum Gasteiger partial charge on any atom is -0.461 e. The summed E-state index contributed by atoms with van der Waals surface area (Å²) in [4.78, 5) is 14.6. The topological polar surface area (TPSA) is 64.2 Å². The standard InChI is InChI=1S/C21H26N4O2S/c1-15(2)13-25-19(18-11-8-12-27-18)22-23-21(25)28-16(3)20(26)24(4)14-17-9-6-5-7-10-17/h5-12,15-16H,13-14H2,1-4H3. The van der Waals surface area contributed by atoms with Gasteiger partial charge in [-0.05, 0) is 30.5 Å². The minimum absolute atomic E-state index is 0.0625. The first-order chi connectivity index (χ1) is 13.5. The summed E-state index contributed by atoms with van der Waals surface area (Å²) in [5.41, 5.74) is 1.11. The van der Waals surface area contributed by atoms with Crippen LogP contribution in [0.15, 0.2) is 58.3 Å². The highest BCUT2D eigenvalue weighted by molar-refractivity contribution is 8.00. The molecule has 148 valence electrons. The van der Waals surface area contributed by atoms with Crippen molar-refractivity contribution < 1.29 is 9.21 Å². The number of carbonyl (C=O) groups excluding carboxylic acids is 1. The number of thioether (sulfide) groups is 1. The fourth-order valence-electron chi connectivity index (χ4n) is 2.95.